The average Bonchev–Trinajstić information content (AvgIpc) is 2.12. The van der Waals surface area contributed by atoms with E-state index in [0.717, 1.165) is 12.0 Å². The number of carbonyl (C=O) groups is 1. The molecule has 0 aromatic rings. The van der Waals surface area contributed by atoms with Crippen LogP contribution in [0.1, 0.15) is 6.42 Å². The Hall–Kier alpha value is -0.370. The lowest BCUT2D eigenvalue weighted by atomic mass is 10.3. The number of carbonyl (C=O) groups excluding carboxylic acids is 1. The third-order valence-electron chi connectivity index (χ3n) is 1.02. The molecular weight excluding hydrogens is 168 g/mol. The van der Waals surface area contributed by atoms with E-state index in [1.165, 1.54) is 0 Å². The van der Waals surface area contributed by atoms with Gasteiger partial charge in [-0.1, -0.05) is 18.2 Å². The van der Waals surface area contributed by atoms with Gasteiger partial charge in [0.25, 0.3) is 0 Å². The van der Waals surface area contributed by atoms with Crippen LogP contribution in [0.5, 0.6) is 0 Å². The summed E-state index contributed by atoms with van der Waals surface area (Å²) >= 11 is 2.85. The Morgan fingerprint density at radius 2 is 2.50 bits per heavy atom. The van der Waals surface area contributed by atoms with Crippen LogP contribution in [-0.4, -0.2) is 4.69 Å². The highest BCUT2D eigenvalue weighted by Crippen LogP contribution is 2.13. The van der Waals surface area contributed by atoms with Crippen LogP contribution in [-0.2, 0) is 4.79 Å². The summed E-state index contributed by atoms with van der Waals surface area (Å²) in [6.07, 6.45) is 6.43. The molecule has 8 heavy (non-hydrogen) atoms. The fraction of sp³-hybridized carbons (Fsp3) is 0.167. The molecule has 2 heteroatoms. The van der Waals surface area contributed by atoms with Crippen LogP contribution in [0.3, 0.4) is 0 Å². The molecule has 0 spiro atoms. The Bertz CT molecular complexity index is 167. The van der Waals surface area contributed by atoms with E-state index in [2.05, 4.69) is 15.9 Å². The summed E-state index contributed by atoms with van der Waals surface area (Å²) in [6, 6.07) is 0. The van der Waals surface area contributed by atoms with E-state index in [0.29, 0.717) is 0 Å². The molecule has 0 atom stereocenters. The van der Waals surface area contributed by atoms with Crippen LogP contribution >= 0.6 is 15.9 Å². The zero-order valence-electron chi connectivity index (χ0n) is 4.23. The van der Waals surface area contributed by atoms with Crippen molar-refractivity contribution in [3.63, 3.8) is 0 Å². The van der Waals surface area contributed by atoms with Gasteiger partial charge < -0.3 is 0 Å². The summed E-state index contributed by atoms with van der Waals surface area (Å²) in [5.41, 5.74) is 0.838. The van der Waals surface area contributed by atoms with Gasteiger partial charge in [-0.25, -0.2) is 0 Å². The maximum atomic E-state index is 10.5. The molecule has 0 aromatic heterocycles. The molecule has 0 N–H and O–H groups in total. The second kappa shape index (κ2) is 2.27. The van der Waals surface area contributed by atoms with Crippen molar-refractivity contribution in [2.45, 2.75) is 6.42 Å². The maximum Gasteiger partial charge on any atom is 0.224 e. The minimum absolute atomic E-state index is 0.00231. The Morgan fingerprint density at radius 1 is 1.75 bits per heavy atom. The van der Waals surface area contributed by atoms with Gasteiger partial charge in [-0.05, 0) is 22.4 Å². The molecule has 1 aliphatic rings. The third-order valence-corrected chi connectivity index (χ3v) is 1.53. The SMILES string of the molecule is O=C(Br)C1=CC=CC1. The fourth-order valence-corrected chi connectivity index (χ4v) is 0.887. The normalized spacial score (nSPS) is 16.4. The first-order valence-electron chi connectivity index (χ1n) is 2.36. The second-order valence-electron chi connectivity index (χ2n) is 1.60. The van der Waals surface area contributed by atoms with E-state index >= 15 is 0 Å². The van der Waals surface area contributed by atoms with Crippen LogP contribution in [0.4, 0.5) is 0 Å². The van der Waals surface area contributed by atoms with Crippen LogP contribution in [0, 0.1) is 0 Å². The van der Waals surface area contributed by atoms with Crippen molar-refractivity contribution in [2.24, 2.45) is 0 Å². The maximum absolute atomic E-state index is 10.5. The lowest BCUT2D eigenvalue weighted by Crippen LogP contribution is -1.86. The smallest absolute Gasteiger partial charge is 0.224 e. The molecular formula is C6H5BrO. The molecule has 0 radical (unpaired) electrons. The summed E-state index contributed by atoms with van der Waals surface area (Å²) in [6.45, 7) is 0. The second-order valence-corrected chi connectivity index (χ2v) is 2.32. The van der Waals surface area contributed by atoms with Crippen molar-refractivity contribution in [3.05, 3.63) is 23.8 Å². The van der Waals surface area contributed by atoms with E-state index in [9.17, 15) is 4.79 Å². The zero-order valence-corrected chi connectivity index (χ0v) is 5.81. The topological polar surface area (TPSA) is 17.1 Å². The molecule has 0 aliphatic heterocycles. The van der Waals surface area contributed by atoms with Gasteiger partial charge in [-0.3, -0.25) is 4.79 Å². The van der Waals surface area contributed by atoms with Gasteiger partial charge in [-0.2, -0.15) is 0 Å². The molecule has 1 rings (SSSR count). The molecule has 0 amide bonds. The van der Waals surface area contributed by atoms with Crippen LogP contribution in [0.25, 0.3) is 0 Å². The number of rotatable bonds is 1. The van der Waals surface area contributed by atoms with Crippen molar-refractivity contribution >= 4 is 20.6 Å². The summed E-state index contributed by atoms with van der Waals surface area (Å²) in [5, 5.41) is 0. The summed E-state index contributed by atoms with van der Waals surface area (Å²) in [7, 11) is 0. The largest absolute Gasteiger partial charge is 0.281 e. The van der Waals surface area contributed by atoms with Gasteiger partial charge in [0.2, 0.25) is 4.69 Å². The quantitative estimate of drug-likeness (QED) is 0.552. The predicted molar refractivity (Wildman–Crippen MR) is 35.8 cm³/mol. The lowest BCUT2D eigenvalue weighted by Gasteiger charge is -1.86. The van der Waals surface area contributed by atoms with Gasteiger partial charge in [0.1, 0.15) is 0 Å². The van der Waals surface area contributed by atoms with E-state index < -0.39 is 0 Å². The number of hydrogen-bond donors (Lipinski definition) is 0. The molecule has 0 saturated carbocycles. The fourth-order valence-electron chi connectivity index (χ4n) is 0.593. The standard InChI is InChI=1S/C6H5BrO/c7-6(8)5-3-1-2-4-5/h1-3H,4H2. The molecule has 1 nitrogen and oxygen atoms in total. The molecule has 0 fully saturated rings. The first-order chi connectivity index (χ1) is 3.80. The highest BCUT2D eigenvalue weighted by molar-refractivity contribution is 9.18. The predicted octanol–water partition coefficient (Wildman–Crippen LogP) is 1.79. The lowest BCUT2D eigenvalue weighted by molar-refractivity contribution is -0.107. The van der Waals surface area contributed by atoms with Gasteiger partial charge in [0.05, 0.1) is 0 Å². The number of hydrogen-bond acceptors (Lipinski definition) is 1. The monoisotopic (exact) mass is 172 g/mol. The molecule has 1 aliphatic carbocycles. The molecule has 0 unspecified atom stereocenters. The summed E-state index contributed by atoms with van der Waals surface area (Å²) in [5.74, 6) is 0. The first kappa shape index (κ1) is 5.76. The minimum Gasteiger partial charge on any atom is -0.281 e. The summed E-state index contributed by atoms with van der Waals surface area (Å²) < 4.78 is 0.00231. The van der Waals surface area contributed by atoms with E-state index in [1.54, 1.807) is 0 Å². The van der Waals surface area contributed by atoms with Crippen molar-refractivity contribution in [1.82, 2.24) is 0 Å². The van der Waals surface area contributed by atoms with Gasteiger partial charge in [-0.15, -0.1) is 0 Å². The van der Waals surface area contributed by atoms with Crippen LogP contribution < -0.4 is 0 Å². The Morgan fingerprint density at radius 3 is 2.75 bits per heavy atom. The molecule has 0 saturated heterocycles. The van der Waals surface area contributed by atoms with Crippen LogP contribution in [0.15, 0.2) is 23.8 Å². The highest BCUT2D eigenvalue weighted by atomic mass is 79.9. The molecule has 0 aromatic carbocycles. The first-order valence-corrected chi connectivity index (χ1v) is 3.15. The average molecular weight is 173 g/mol. The van der Waals surface area contributed by atoms with Crippen molar-refractivity contribution in [2.75, 3.05) is 0 Å². The Balaban J connectivity index is 2.64. The number of allylic oxidation sites excluding steroid dienone is 4. The van der Waals surface area contributed by atoms with Crippen molar-refractivity contribution in [1.29, 1.82) is 0 Å². The zero-order chi connectivity index (χ0) is 5.98. The third kappa shape index (κ3) is 1.07. The number of halogens is 1. The molecule has 0 heterocycles. The highest BCUT2D eigenvalue weighted by Gasteiger charge is 2.04. The van der Waals surface area contributed by atoms with E-state index in [4.69, 9.17) is 0 Å². The van der Waals surface area contributed by atoms with E-state index in [-0.39, 0.29) is 4.69 Å². The Labute approximate surface area is 56.2 Å². The summed E-state index contributed by atoms with van der Waals surface area (Å²) in [4.78, 5) is 10.5. The molecule has 42 valence electrons. The van der Waals surface area contributed by atoms with Gasteiger partial charge in [0, 0.05) is 5.57 Å². The Kier molecular flexibility index (Phi) is 1.63. The van der Waals surface area contributed by atoms with Gasteiger partial charge in [0.15, 0.2) is 0 Å². The van der Waals surface area contributed by atoms with Crippen molar-refractivity contribution < 1.29 is 4.79 Å². The van der Waals surface area contributed by atoms with Crippen molar-refractivity contribution in [3.8, 4) is 0 Å². The van der Waals surface area contributed by atoms with Crippen LogP contribution in [0.2, 0.25) is 0 Å². The van der Waals surface area contributed by atoms with E-state index in [1.807, 2.05) is 18.2 Å². The molecule has 0 bridgehead atoms. The van der Waals surface area contributed by atoms with Gasteiger partial charge >= 0.3 is 0 Å². The minimum atomic E-state index is 0.00231.